The van der Waals surface area contributed by atoms with Gasteiger partial charge in [0.2, 0.25) is 0 Å². The summed E-state index contributed by atoms with van der Waals surface area (Å²) in [4.78, 5) is 26.3. The molecule has 2 heterocycles. The second-order valence-corrected chi connectivity index (χ2v) is 7.69. The van der Waals surface area contributed by atoms with Crippen LogP contribution in [0, 0.1) is 5.92 Å². The van der Waals surface area contributed by atoms with Crippen LogP contribution in [0.5, 0.6) is 0 Å². The Morgan fingerprint density at radius 2 is 2.24 bits per heavy atom. The van der Waals surface area contributed by atoms with E-state index >= 15 is 0 Å². The number of hydrogen-bond donors (Lipinski definition) is 0. The van der Waals surface area contributed by atoms with Crippen LogP contribution in [0.25, 0.3) is 6.08 Å². The highest BCUT2D eigenvalue weighted by atomic mass is 32.2. The first-order valence-corrected chi connectivity index (χ1v) is 8.52. The van der Waals surface area contributed by atoms with E-state index in [-0.39, 0.29) is 16.1 Å². The van der Waals surface area contributed by atoms with Crippen molar-refractivity contribution in [1.82, 2.24) is 4.90 Å². The van der Waals surface area contributed by atoms with Crippen LogP contribution >= 0.6 is 35.3 Å². The van der Waals surface area contributed by atoms with Crippen LogP contribution in [0.15, 0.2) is 22.4 Å². The molecular weight excluding hydrogens is 326 g/mol. The van der Waals surface area contributed by atoms with Crippen LogP contribution in [-0.4, -0.2) is 27.1 Å². The molecule has 1 fully saturated rings. The quantitative estimate of drug-likeness (QED) is 0.607. The second-order valence-electron chi connectivity index (χ2n) is 5.03. The summed E-state index contributed by atoms with van der Waals surface area (Å²) in [6.45, 7) is 3.80. The fourth-order valence-electron chi connectivity index (χ4n) is 2.00. The summed E-state index contributed by atoms with van der Waals surface area (Å²) in [6.07, 6.45) is 2.06. The van der Waals surface area contributed by atoms with Gasteiger partial charge in [-0.05, 0) is 29.9 Å². The number of carbonyl (C=O) groups excluding carboxylic acids is 2. The molecule has 1 aliphatic rings. The fraction of sp³-hybridized carbons (Fsp3) is 0.357. The van der Waals surface area contributed by atoms with Gasteiger partial charge >= 0.3 is 0 Å². The molecule has 0 aromatic carbocycles. The molecule has 1 aromatic heterocycles. The molecule has 0 unspecified atom stereocenters. The van der Waals surface area contributed by atoms with Crippen molar-refractivity contribution in [2.75, 3.05) is 0 Å². The highest BCUT2D eigenvalue weighted by molar-refractivity contribution is 8.26. The molecule has 0 spiro atoms. The first-order chi connectivity index (χ1) is 9.90. The molecule has 1 atom stereocenters. The van der Waals surface area contributed by atoms with E-state index in [0.29, 0.717) is 11.3 Å². The maximum atomic E-state index is 12.4. The standard InChI is InChI=1S/C14H15NO3S3/c1-8(2)6-10(13(17)18)15-12(16)11(21-14(15)19)7-9-4-3-5-20-9/h3-5,7-8,10H,6H2,1-2H3,(H,17,18)/p-1/t10-/m0/s1. The van der Waals surface area contributed by atoms with E-state index in [2.05, 4.69) is 0 Å². The number of amides is 1. The van der Waals surface area contributed by atoms with E-state index in [1.165, 1.54) is 16.2 Å². The Labute approximate surface area is 136 Å². The van der Waals surface area contributed by atoms with Gasteiger partial charge in [0.1, 0.15) is 4.32 Å². The third kappa shape index (κ3) is 3.72. The molecule has 21 heavy (non-hydrogen) atoms. The van der Waals surface area contributed by atoms with Crippen molar-refractivity contribution in [3.05, 3.63) is 27.3 Å². The van der Waals surface area contributed by atoms with E-state index in [1.54, 1.807) is 6.08 Å². The molecule has 0 aliphatic carbocycles. The summed E-state index contributed by atoms with van der Waals surface area (Å²) in [5.74, 6) is -1.50. The lowest BCUT2D eigenvalue weighted by atomic mass is 10.0. The Bertz CT molecular complexity index is 593. The number of carbonyl (C=O) groups is 2. The second kappa shape index (κ2) is 6.72. The van der Waals surface area contributed by atoms with Crippen LogP contribution in [-0.2, 0) is 9.59 Å². The predicted octanol–water partition coefficient (Wildman–Crippen LogP) is 2.11. The minimum Gasteiger partial charge on any atom is -0.548 e. The minimum absolute atomic E-state index is 0.124. The molecule has 7 heteroatoms. The Morgan fingerprint density at radius 3 is 2.76 bits per heavy atom. The van der Waals surface area contributed by atoms with E-state index in [1.807, 2.05) is 31.4 Å². The smallest absolute Gasteiger partial charge is 0.266 e. The van der Waals surface area contributed by atoms with Gasteiger partial charge in [0.25, 0.3) is 5.91 Å². The molecule has 112 valence electrons. The zero-order valence-electron chi connectivity index (χ0n) is 11.6. The third-order valence-corrected chi connectivity index (χ3v) is 5.07. The molecule has 0 saturated carbocycles. The highest BCUT2D eigenvalue weighted by Gasteiger charge is 2.37. The zero-order chi connectivity index (χ0) is 15.6. The van der Waals surface area contributed by atoms with Crippen molar-refractivity contribution in [3.63, 3.8) is 0 Å². The number of carboxylic acids is 1. The number of nitrogens with zero attached hydrogens (tertiary/aromatic N) is 1. The molecule has 0 bridgehead atoms. The SMILES string of the molecule is CC(C)C[C@@H](C(=O)[O-])N1C(=O)C(=Cc2cccs2)SC1=S. The molecule has 0 radical (unpaired) electrons. The van der Waals surface area contributed by atoms with Gasteiger partial charge in [-0.2, -0.15) is 0 Å². The average molecular weight is 340 g/mol. The molecule has 0 N–H and O–H groups in total. The van der Waals surface area contributed by atoms with Gasteiger partial charge in [-0.3, -0.25) is 9.69 Å². The molecule has 1 aliphatic heterocycles. The Kier molecular flexibility index (Phi) is 5.18. The molecule has 1 amide bonds. The average Bonchev–Trinajstić information content (AvgIpc) is 2.97. The summed E-state index contributed by atoms with van der Waals surface area (Å²) >= 11 is 7.82. The van der Waals surface area contributed by atoms with Crippen molar-refractivity contribution in [2.24, 2.45) is 5.92 Å². The van der Waals surface area contributed by atoms with Gasteiger partial charge in [0.05, 0.1) is 16.9 Å². The Hall–Kier alpha value is -1.18. The topological polar surface area (TPSA) is 60.4 Å². The van der Waals surface area contributed by atoms with Crippen molar-refractivity contribution >= 4 is 57.6 Å². The van der Waals surface area contributed by atoms with Crippen LogP contribution in [0.4, 0.5) is 0 Å². The monoisotopic (exact) mass is 340 g/mol. The number of thiocarbonyl (C=S) groups is 1. The molecule has 4 nitrogen and oxygen atoms in total. The van der Waals surface area contributed by atoms with Crippen molar-refractivity contribution < 1.29 is 14.7 Å². The number of rotatable bonds is 5. The van der Waals surface area contributed by atoms with Gasteiger partial charge in [0.15, 0.2) is 0 Å². The van der Waals surface area contributed by atoms with Gasteiger partial charge < -0.3 is 9.90 Å². The number of aliphatic carboxylic acids is 1. The molecule has 1 aromatic rings. The van der Waals surface area contributed by atoms with Gasteiger partial charge in [-0.1, -0.05) is 43.9 Å². The first kappa shape index (κ1) is 16.2. The first-order valence-electron chi connectivity index (χ1n) is 6.41. The Morgan fingerprint density at radius 1 is 1.52 bits per heavy atom. The van der Waals surface area contributed by atoms with Gasteiger partial charge in [-0.25, -0.2) is 0 Å². The van der Waals surface area contributed by atoms with Crippen LogP contribution < -0.4 is 5.11 Å². The maximum Gasteiger partial charge on any atom is 0.266 e. The Balaban J connectivity index is 2.27. The van der Waals surface area contributed by atoms with Crippen molar-refractivity contribution in [2.45, 2.75) is 26.3 Å². The minimum atomic E-state index is -1.27. The van der Waals surface area contributed by atoms with E-state index in [4.69, 9.17) is 12.2 Å². The third-order valence-electron chi connectivity index (χ3n) is 2.92. The van der Waals surface area contributed by atoms with Gasteiger partial charge in [0, 0.05) is 4.88 Å². The summed E-state index contributed by atoms with van der Waals surface area (Å²) in [5.41, 5.74) is 0. The predicted molar refractivity (Wildman–Crippen MR) is 87.6 cm³/mol. The lowest BCUT2D eigenvalue weighted by molar-refractivity contribution is -0.310. The molecular formula is C14H14NO3S3-. The summed E-state index contributed by atoms with van der Waals surface area (Å²) in [6, 6.07) is 2.77. The van der Waals surface area contributed by atoms with Crippen LogP contribution in [0.3, 0.4) is 0 Å². The zero-order valence-corrected chi connectivity index (χ0v) is 14.0. The number of thioether (sulfide) groups is 1. The molecule has 2 rings (SSSR count). The molecule has 1 saturated heterocycles. The van der Waals surface area contributed by atoms with Crippen molar-refractivity contribution in [3.8, 4) is 0 Å². The lowest BCUT2D eigenvalue weighted by Gasteiger charge is -2.28. The summed E-state index contributed by atoms with van der Waals surface area (Å²) < 4.78 is 0.276. The van der Waals surface area contributed by atoms with E-state index in [9.17, 15) is 14.7 Å². The van der Waals surface area contributed by atoms with Gasteiger partial charge in [-0.15, -0.1) is 11.3 Å². The van der Waals surface area contributed by atoms with Crippen molar-refractivity contribution in [1.29, 1.82) is 0 Å². The largest absolute Gasteiger partial charge is 0.548 e. The van der Waals surface area contributed by atoms with E-state index < -0.39 is 12.0 Å². The number of thiophene rings is 1. The van der Waals surface area contributed by atoms with Crippen LogP contribution in [0.2, 0.25) is 0 Å². The lowest BCUT2D eigenvalue weighted by Crippen LogP contribution is -2.50. The highest BCUT2D eigenvalue weighted by Crippen LogP contribution is 2.35. The number of hydrogen-bond acceptors (Lipinski definition) is 6. The normalized spacial score (nSPS) is 18.8. The summed E-state index contributed by atoms with van der Waals surface area (Å²) in [5, 5.41) is 13.3. The van der Waals surface area contributed by atoms with Crippen LogP contribution in [0.1, 0.15) is 25.1 Å². The summed E-state index contributed by atoms with van der Waals surface area (Å²) in [7, 11) is 0. The number of carboxylic acid groups (broad SMARTS) is 1. The maximum absolute atomic E-state index is 12.4. The van der Waals surface area contributed by atoms with E-state index in [0.717, 1.165) is 16.6 Å². The fourth-order valence-corrected chi connectivity index (χ4v) is 4.08.